The van der Waals surface area contributed by atoms with Crippen LogP contribution in [-0.4, -0.2) is 20.9 Å². The van der Waals surface area contributed by atoms with Gasteiger partial charge in [0, 0.05) is 5.02 Å². The highest BCUT2D eigenvalue weighted by atomic mass is 35.5. The first kappa shape index (κ1) is 22.4. The van der Waals surface area contributed by atoms with Crippen LogP contribution in [0.4, 0.5) is 5.69 Å². The molecule has 1 amide bonds. The highest BCUT2D eigenvalue weighted by Crippen LogP contribution is 2.32. The molecule has 5 nitrogen and oxygen atoms in total. The number of halogens is 1. The number of benzene rings is 3. The molecule has 0 spiro atoms. The van der Waals surface area contributed by atoms with Gasteiger partial charge in [0.2, 0.25) is 5.91 Å². The number of carbonyl (C=O) groups excluding carboxylic acids is 1. The summed E-state index contributed by atoms with van der Waals surface area (Å²) in [6, 6.07) is 21.1. The normalized spacial score (nSPS) is 15.6. The van der Waals surface area contributed by atoms with E-state index < -0.39 is 10.0 Å². The van der Waals surface area contributed by atoms with Crippen molar-refractivity contribution in [1.82, 2.24) is 5.32 Å². The second-order valence-corrected chi connectivity index (χ2v) is 10.2. The topological polar surface area (TPSA) is 66.5 Å². The Morgan fingerprint density at radius 1 is 1.03 bits per heavy atom. The summed E-state index contributed by atoms with van der Waals surface area (Å²) in [5.41, 5.74) is 3.32. The van der Waals surface area contributed by atoms with Crippen LogP contribution in [0.5, 0.6) is 0 Å². The zero-order valence-electron chi connectivity index (χ0n) is 17.8. The van der Waals surface area contributed by atoms with Crippen LogP contribution in [0.3, 0.4) is 0 Å². The van der Waals surface area contributed by atoms with Crippen molar-refractivity contribution in [1.29, 1.82) is 0 Å². The zero-order valence-corrected chi connectivity index (χ0v) is 19.4. The molecular weight excluding hydrogens is 444 g/mol. The van der Waals surface area contributed by atoms with Crippen molar-refractivity contribution >= 4 is 33.2 Å². The summed E-state index contributed by atoms with van der Waals surface area (Å²) in [5.74, 6) is -0.356. The van der Waals surface area contributed by atoms with E-state index in [9.17, 15) is 13.2 Å². The van der Waals surface area contributed by atoms with Crippen LogP contribution in [0.15, 0.2) is 77.7 Å². The van der Waals surface area contributed by atoms with Gasteiger partial charge in [0.25, 0.3) is 10.0 Å². The Hall–Kier alpha value is -2.83. The molecular formula is C25H25ClN2O3S. The summed E-state index contributed by atoms with van der Waals surface area (Å²) in [6.45, 7) is 1.41. The predicted molar refractivity (Wildman–Crippen MR) is 127 cm³/mol. The van der Waals surface area contributed by atoms with Gasteiger partial charge in [-0.15, -0.1) is 0 Å². The number of nitrogens with one attached hydrogen (secondary N) is 1. The molecule has 0 bridgehead atoms. The van der Waals surface area contributed by atoms with Crippen molar-refractivity contribution in [2.45, 2.75) is 37.1 Å². The molecule has 1 N–H and O–H groups in total. The maximum absolute atomic E-state index is 13.5. The SMILES string of the molecule is Cc1c(Cl)cccc1N(CC(=O)NC1CCCc2ccccc21)S(=O)(=O)c1ccccc1. The number of rotatable bonds is 6. The van der Waals surface area contributed by atoms with Crippen LogP contribution >= 0.6 is 11.6 Å². The first-order chi connectivity index (χ1) is 15.4. The van der Waals surface area contributed by atoms with E-state index >= 15 is 0 Å². The third-order valence-electron chi connectivity index (χ3n) is 5.83. The van der Waals surface area contributed by atoms with Crippen molar-refractivity contribution in [2.24, 2.45) is 0 Å². The minimum absolute atomic E-state index is 0.121. The molecule has 4 rings (SSSR count). The van der Waals surface area contributed by atoms with Crippen molar-refractivity contribution in [3.05, 3.63) is 94.5 Å². The summed E-state index contributed by atoms with van der Waals surface area (Å²) in [4.78, 5) is 13.2. The number of hydrogen-bond donors (Lipinski definition) is 1. The molecule has 3 aromatic carbocycles. The van der Waals surface area contributed by atoms with Gasteiger partial charge in [-0.1, -0.05) is 60.1 Å². The largest absolute Gasteiger partial charge is 0.348 e. The molecule has 0 aliphatic heterocycles. The van der Waals surface area contributed by atoms with E-state index in [0.717, 1.165) is 29.1 Å². The summed E-state index contributed by atoms with van der Waals surface area (Å²) < 4.78 is 28.2. The lowest BCUT2D eigenvalue weighted by Gasteiger charge is -2.29. The Balaban J connectivity index is 1.66. The summed E-state index contributed by atoms with van der Waals surface area (Å²) in [6.07, 6.45) is 2.78. The second-order valence-electron chi connectivity index (χ2n) is 7.92. The quantitative estimate of drug-likeness (QED) is 0.551. The highest BCUT2D eigenvalue weighted by molar-refractivity contribution is 7.92. The van der Waals surface area contributed by atoms with Gasteiger partial charge in [0.1, 0.15) is 6.54 Å². The molecule has 1 atom stereocenters. The first-order valence-electron chi connectivity index (χ1n) is 10.6. The van der Waals surface area contributed by atoms with E-state index in [4.69, 9.17) is 11.6 Å². The van der Waals surface area contributed by atoms with Crippen LogP contribution in [-0.2, 0) is 21.2 Å². The lowest BCUT2D eigenvalue weighted by atomic mass is 9.88. The fourth-order valence-corrected chi connectivity index (χ4v) is 5.83. The Labute approximate surface area is 194 Å². The number of aryl methyl sites for hydroxylation is 1. The van der Waals surface area contributed by atoms with Gasteiger partial charge < -0.3 is 5.32 Å². The lowest BCUT2D eigenvalue weighted by molar-refractivity contribution is -0.120. The van der Waals surface area contributed by atoms with Crippen LogP contribution in [0.1, 0.15) is 35.6 Å². The second kappa shape index (κ2) is 9.35. The lowest BCUT2D eigenvalue weighted by Crippen LogP contribution is -2.42. The number of sulfonamides is 1. The number of anilines is 1. The number of nitrogens with zero attached hydrogens (tertiary/aromatic N) is 1. The number of carbonyl (C=O) groups is 1. The first-order valence-corrected chi connectivity index (χ1v) is 12.4. The molecule has 0 heterocycles. The molecule has 1 aliphatic rings. The van der Waals surface area contributed by atoms with Crippen molar-refractivity contribution in [3.63, 3.8) is 0 Å². The van der Waals surface area contributed by atoms with E-state index in [2.05, 4.69) is 11.4 Å². The van der Waals surface area contributed by atoms with Crippen LogP contribution < -0.4 is 9.62 Å². The summed E-state index contributed by atoms with van der Waals surface area (Å²) >= 11 is 6.28. The molecule has 7 heteroatoms. The number of amides is 1. The van der Waals surface area contributed by atoms with Gasteiger partial charge in [-0.3, -0.25) is 9.10 Å². The standard InChI is InChI=1S/C25H25ClN2O3S/c1-18-22(26)14-8-16-24(18)28(32(30,31)20-11-3-2-4-12-20)17-25(29)27-23-15-7-10-19-9-5-6-13-21(19)23/h2-6,8-9,11-14,16,23H,7,10,15,17H2,1H3,(H,27,29). The minimum atomic E-state index is -3.98. The maximum Gasteiger partial charge on any atom is 0.264 e. The minimum Gasteiger partial charge on any atom is -0.348 e. The molecule has 0 saturated carbocycles. The smallest absolute Gasteiger partial charge is 0.264 e. The number of fused-ring (bicyclic) bond motifs is 1. The van der Waals surface area contributed by atoms with Gasteiger partial charge in [-0.2, -0.15) is 0 Å². The third-order valence-corrected chi connectivity index (χ3v) is 8.01. The van der Waals surface area contributed by atoms with Gasteiger partial charge in [-0.05, 0) is 67.1 Å². The van der Waals surface area contributed by atoms with Crippen LogP contribution in [0.25, 0.3) is 0 Å². The number of hydrogen-bond acceptors (Lipinski definition) is 3. The van der Waals surface area contributed by atoms with Gasteiger partial charge in [0.15, 0.2) is 0 Å². The van der Waals surface area contributed by atoms with Crippen LogP contribution in [0.2, 0.25) is 5.02 Å². The molecule has 0 radical (unpaired) electrons. The van der Waals surface area contributed by atoms with Gasteiger partial charge in [-0.25, -0.2) is 8.42 Å². The van der Waals surface area contributed by atoms with Gasteiger partial charge in [0.05, 0.1) is 16.6 Å². The maximum atomic E-state index is 13.5. The monoisotopic (exact) mass is 468 g/mol. The summed E-state index contributed by atoms with van der Waals surface area (Å²) in [5, 5.41) is 3.50. The molecule has 0 aromatic heterocycles. The molecule has 1 aliphatic carbocycles. The molecule has 0 saturated heterocycles. The van der Waals surface area contributed by atoms with E-state index in [1.807, 2.05) is 18.2 Å². The molecule has 166 valence electrons. The highest BCUT2D eigenvalue weighted by Gasteiger charge is 2.30. The predicted octanol–water partition coefficient (Wildman–Crippen LogP) is 5.04. The average molecular weight is 469 g/mol. The van der Waals surface area contributed by atoms with E-state index in [0.29, 0.717) is 16.3 Å². The average Bonchev–Trinajstić information content (AvgIpc) is 2.80. The fraction of sp³-hybridized carbons (Fsp3) is 0.240. The molecule has 0 fully saturated rings. The molecule has 32 heavy (non-hydrogen) atoms. The van der Waals surface area contributed by atoms with E-state index in [1.54, 1.807) is 43.3 Å². The third kappa shape index (κ3) is 4.52. The van der Waals surface area contributed by atoms with Crippen molar-refractivity contribution < 1.29 is 13.2 Å². The Bertz CT molecular complexity index is 1230. The van der Waals surface area contributed by atoms with Crippen molar-refractivity contribution in [2.75, 3.05) is 10.8 Å². The van der Waals surface area contributed by atoms with E-state index in [1.165, 1.54) is 17.7 Å². The van der Waals surface area contributed by atoms with Gasteiger partial charge >= 0.3 is 0 Å². The van der Waals surface area contributed by atoms with E-state index in [-0.39, 0.29) is 23.4 Å². The molecule has 1 unspecified atom stereocenters. The molecule has 3 aromatic rings. The Morgan fingerprint density at radius 3 is 2.53 bits per heavy atom. The Morgan fingerprint density at radius 2 is 1.75 bits per heavy atom. The fourth-order valence-electron chi connectivity index (χ4n) is 4.16. The van der Waals surface area contributed by atoms with Crippen molar-refractivity contribution in [3.8, 4) is 0 Å². The Kier molecular flexibility index (Phi) is 6.53. The van der Waals surface area contributed by atoms with Crippen LogP contribution in [0, 0.1) is 6.92 Å². The zero-order chi connectivity index (χ0) is 22.7. The summed E-state index contributed by atoms with van der Waals surface area (Å²) in [7, 11) is -3.98.